The van der Waals surface area contributed by atoms with E-state index in [1.807, 2.05) is 42.5 Å². The highest BCUT2D eigenvalue weighted by Crippen LogP contribution is 2.33. The van der Waals surface area contributed by atoms with Gasteiger partial charge in [0.15, 0.2) is 11.3 Å². The number of nitrogens with one attached hydrogen (secondary N) is 1. The van der Waals surface area contributed by atoms with E-state index in [1.165, 1.54) is 5.56 Å². The van der Waals surface area contributed by atoms with Crippen molar-refractivity contribution in [3.63, 3.8) is 0 Å². The van der Waals surface area contributed by atoms with Crippen LogP contribution in [0.25, 0.3) is 22.3 Å². The lowest BCUT2D eigenvalue weighted by Crippen LogP contribution is -2.24. The lowest BCUT2D eigenvalue weighted by atomic mass is 10.1. The summed E-state index contributed by atoms with van der Waals surface area (Å²) in [7, 11) is 0. The predicted molar refractivity (Wildman–Crippen MR) is 105 cm³/mol. The number of ether oxygens (including phenoxy) is 1. The van der Waals surface area contributed by atoms with Gasteiger partial charge in [-0.05, 0) is 42.8 Å². The first-order chi connectivity index (χ1) is 14.2. The molecule has 0 radical (unpaired) electrons. The molecule has 1 N–H and O–H groups in total. The number of fused-ring (bicyclic) bond motifs is 2. The Labute approximate surface area is 166 Å². The lowest BCUT2D eigenvalue weighted by Gasteiger charge is -2.02. The van der Waals surface area contributed by atoms with E-state index in [0.717, 1.165) is 23.1 Å². The number of amides is 1. The zero-order chi connectivity index (χ0) is 19.8. The first kappa shape index (κ1) is 17.5. The van der Waals surface area contributed by atoms with Gasteiger partial charge in [-0.3, -0.25) is 4.79 Å². The standard InChI is InChI=1S/C22H19N3O4/c1-13-8-15-9-14(6-7-19(15)27-13)21-10-16(24-29-21)12-23-22(26)11-18-17-4-2-3-5-20(17)28-25-18/h2-7,9-10,13H,8,11-12H2,1H3,(H,23,26)/t13-/m0/s1. The molecule has 1 aliphatic rings. The molecule has 0 saturated heterocycles. The third-order valence-corrected chi connectivity index (χ3v) is 4.99. The number of nitrogens with zero attached hydrogens (tertiary/aromatic N) is 2. The van der Waals surface area contributed by atoms with Gasteiger partial charge in [-0.15, -0.1) is 0 Å². The van der Waals surface area contributed by atoms with Gasteiger partial charge in [0.25, 0.3) is 0 Å². The maximum absolute atomic E-state index is 12.3. The number of hydrogen-bond donors (Lipinski definition) is 1. The second kappa shape index (κ2) is 7.09. The van der Waals surface area contributed by atoms with Gasteiger partial charge >= 0.3 is 0 Å². The van der Waals surface area contributed by atoms with Crippen LogP contribution in [0.15, 0.2) is 57.6 Å². The van der Waals surface area contributed by atoms with Crippen LogP contribution in [0.4, 0.5) is 0 Å². The molecule has 0 saturated carbocycles. The van der Waals surface area contributed by atoms with Crippen LogP contribution in [0.3, 0.4) is 0 Å². The number of rotatable bonds is 5. The molecule has 0 aliphatic carbocycles. The van der Waals surface area contributed by atoms with Crippen LogP contribution in [-0.4, -0.2) is 22.3 Å². The Balaban J connectivity index is 1.23. The molecule has 3 heterocycles. The fraction of sp³-hybridized carbons (Fsp3) is 0.227. The van der Waals surface area contributed by atoms with E-state index in [9.17, 15) is 4.79 Å². The van der Waals surface area contributed by atoms with Crippen LogP contribution < -0.4 is 10.1 Å². The molecule has 7 nitrogen and oxygen atoms in total. The molecule has 2 aromatic carbocycles. The fourth-order valence-electron chi connectivity index (χ4n) is 3.58. The van der Waals surface area contributed by atoms with Crippen LogP contribution in [0.2, 0.25) is 0 Å². The number of carbonyl (C=O) groups excluding carboxylic acids is 1. The zero-order valence-corrected chi connectivity index (χ0v) is 15.8. The summed E-state index contributed by atoms with van der Waals surface area (Å²) in [6.45, 7) is 2.33. The molecular formula is C22H19N3O4. The summed E-state index contributed by atoms with van der Waals surface area (Å²) in [6, 6.07) is 15.3. The molecule has 2 aromatic heterocycles. The van der Waals surface area contributed by atoms with Crippen molar-refractivity contribution < 1.29 is 18.6 Å². The SMILES string of the molecule is C[C@H]1Cc2cc(-c3cc(CNC(=O)Cc4noc5ccccc45)no3)ccc2O1. The summed E-state index contributed by atoms with van der Waals surface area (Å²) in [5, 5.41) is 11.8. The van der Waals surface area contributed by atoms with E-state index in [0.29, 0.717) is 22.7 Å². The molecule has 5 rings (SSSR count). The highest BCUT2D eigenvalue weighted by molar-refractivity contribution is 5.86. The smallest absolute Gasteiger partial charge is 0.226 e. The minimum absolute atomic E-state index is 0.144. The van der Waals surface area contributed by atoms with E-state index >= 15 is 0 Å². The Morgan fingerprint density at radius 1 is 1.14 bits per heavy atom. The molecule has 4 aromatic rings. The quantitative estimate of drug-likeness (QED) is 0.560. The van der Waals surface area contributed by atoms with Crippen LogP contribution in [0.5, 0.6) is 5.75 Å². The number of benzene rings is 2. The molecule has 0 spiro atoms. The largest absolute Gasteiger partial charge is 0.490 e. The van der Waals surface area contributed by atoms with Gasteiger partial charge in [0.1, 0.15) is 23.2 Å². The summed E-state index contributed by atoms with van der Waals surface area (Å²) in [5.74, 6) is 1.44. The average molecular weight is 389 g/mol. The molecule has 0 unspecified atom stereocenters. The van der Waals surface area contributed by atoms with Crippen molar-refractivity contribution in [2.75, 3.05) is 0 Å². The number of carbonyl (C=O) groups is 1. The summed E-state index contributed by atoms with van der Waals surface area (Å²) in [5.41, 5.74) is 4.06. The van der Waals surface area contributed by atoms with Gasteiger partial charge in [0.05, 0.1) is 13.0 Å². The van der Waals surface area contributed by atoms with Crippen molar-refractivity contribution in [1.29, 1.82) is 0 Å². The maximum Gasteiger partial charge on any atom is 0.226 e. The second-order valence-electron chi connectivity index (χ2n) is 7.22. The van der Waals surface area contributed by atoms with E-state index in [2.05, 4.69) is 28.6 Å². The first-order valence-electron chi connectivity index (χ1n) is 9.51. The van der Waals surface area contributed by atoms with Gasteiger partial charge in [0, 0.05) is 23.4 Å². The van der Waals surface area contributed by atoms with E-state index in [4.69, 9.17) is 13.8 Å². The summed E-state index contributed by atoms with van der Waals surface area (Å²) >= 11 is 0. The number of aromatic nitrogens is 2. The van der Waals surface area contributed by atoms with Crippen molar-refractivity contribution in [3.05, 3.63) is 65.5 Å². The Morgan fingerprint density at radius 2 is 2.03 bits per heavy atom. The summed E-state index contributed by atoms with van der Waals surface area (Å²) < 4.78 is 16.4. The van der Waals surface area contributed by atoms with Crippen molar-refractivity contribution in [2.24, 2.45) is 0 Å². The summed E-state index contributed by atoms with van der Waals surface area (Å²) in [4.78, 5) is 12.3. The Kier molecular flexibility index (Phi) is 4.27. The van der Waals surface area contributed by atoms with Crippen molar-refractivity contribution in [2.45, 2.75) is 32.4 Å². The zero-order valence-electron chi connectivity index (χ0n) is 15.8. The van der Waals surface area contributed by atoms with Crippen LogP contribution in [-0.2, 0) is 24.2 Å². The van der Waals surface area contributed by atoms with E-state index < -0.39 is 0 Å². The predicted octanol–water partition coefficient (Wildman–Crippen LogP) is 3.67. The topological polar surface area (TPSA) is 90.4 Å². The third-order valence-electron chi connectivity index (χ3n) is 4.99. The van der Waals surface area contributed by atoms with E-state index in [-0.39, 0.29) is 25.0 Å². The summed E-state index contributed by atoms with van der Waals surface area (Å²) in [6.07, 6.45) is 1.23. The molecule has 1 atom stereocenters. The first-order valence-corrected chi connectivity index (χ1v) is 9.51. The number of para-hydroxylation sites is 1. The molecule has 0 fully saturated rings. The van der Waals surface area contributed by atoms with Gasteiger partial charge in [-0.1, -0.05) is 22.4 Å². The fourth-order valence-corrected chi connectivity index (χ4v) is 3.58. The average Bonchev–Trinajstić information content (AvgIpc) is 3.44. The van der Waals surface area contributed by atoms with Crippen LogP contribution >= 0.6 is 0 Å². The molecule has 1 aliphatic heterocycles. The number of hydrogen-bond acceptors (Lipinski definition) is 6. The molecule has 1 amide bonds. The van der Waals surface area contributed by atoms with Crippen LogP contribution in [0, 0.1) is 0 Å². The van der Waals surface area contributed by atoms with E-state index in [1.54, 1.807) is 0 Å². The normalized spacial score (nSPS) is 15.3. The van der Waals surface area contributed by atoms with Crippen LogP contribution in [0.1, 0.15) is 23.9 Å². The maximum atomic E-state index is 12.3. The Hall–Kier alpha value is -3.61. The lowest BCUT2D eigenvalue weighted by molar-refractivity contribution is -0.120. The third kappa shape index (κ3) is 3.47. The molecule has 29 heavy (non-hydrogen) atoms. The minimum atomic E-state index is -0.155. The van der Waals surface area contributed by atoms with Crippen molar-refractivity contribution >= 4 is 16.9 Å². The highest BCUT2D eigenvalue weighted by Gasteiger charge is 2.20. The minimum Gasteiger partial charge on any atom is -0.490 e. The molecule has 146 valence electrons. The highest BCUT2D eigenvalue weighted by atomic mass is 16.5. The molecule has 0 bridgehead atoms. The monoisotopic (exact) mass is 389 g/mol. The van der Waals surface area contributed by atoms with Gasteiger partial charge in [-0.2, -0.15) is 0 Å². The molecule has 7 heteroatoms. The Bertz CT molecular complexity index is 1190. The van der Waals surface area contributed by atoms with Crippen molar-refractivity contribution in [1.82, 2.24) is 15.6 Å². The second-order valence-corrected chi connectivity index (χ2v) is 7.22. The molecular weight excluding hydrogens is 370 g/mol. The van der Waals surface area contributed by atoms with Crippen molar-refractivity contribution in [3.8, 4) is 17.1 Å². The van der Waals surface area contributed by atoms with Gasteiger partial charge in [-0.25, -0.2) is 0 Å². The van der Waals surface area contributed by atoms with Gasteiger partial charge in [0.2, 0.25) is 5.91 Å². The van der Waals surface area contributed by atoms with Gasteiger partial charge < -0.3 is 19.1 Å². The Morgan fingerprint density at radius 3 is 2.97 bits per heavy atom.